The smallest absolute Gasteiger partial charge is 0.257 e. The Labute approximate surface area is 126 Å². The fourth-order valence-electron chi connectivity index (χ4n) is 1.67. The van der Waals surface area contributed by atoms with Gasteiger partial charge in [-0.05, 0) is 12.8 Å². The van der Waals surface area contributed by atoms with Gasteiger partial charge in [0.25, 0.3) is 5.91 Å². The van der Waals surface area contributed by atoms with Crippen LogP contribution in [0.15, 0.2) is 0 Å². The molecule has 0 fully saturated rings. The van der Waals surface area contributed by atoms with Crippen molar-refractivity contribution < 1.29 is 26.7 Å². The predicted octanol–water partition coefficient (Wildman–Crippen LogP) is 4.07. The molecule has 21 heavy (non-hydrogen) atoms. The summed E-state index contributed by atoms with van der Waals surface area (Å²) in [6.07, 6.45) is 3.19. The molecule has 0 aliphatic heterocycles. The molecule has 1 rings (SSSR count). The molecule has 1 amide bonds. The Bertz CT molecular complexity index is 495. The summed E-state index contributed by atoms with van der Waals surface area (Å²) in [5.74, 6) is -12.1. The van der Waals surface area contributed by atoms with Crippen molar-refractivity contribution in [2.24, 2.45) is 0 Å². The second kappa shape index (κ2) is 8.31. The molecule has 0 bridgehead atoms. The molecule has 0 saturated carbocycles. The fourth-order valence-corrected chi connectivity index (χ4v) is 2.06. The molecule has 1 aromatic rings. The van der Waals surface area contributed by atoms with Crippen molar-refractivity contribution in [3.63, 3.8) is 0 Å². The zero-order valence-electron chi connectivity index (χ0n) is 10.9. The lowest BCUT2D eigenvalue weighted by Crippen LogP contribution is -2.28. The van der Waals surface area contributed by atoms with Crippen LogP contribution in [0.25, 0.3) is 0 Å². The van der Waals surface area contributed by atoms with Crippen molar-refractivity contribution in [1.29, 1.82) is 0 Å². The highest BCUT2D eigenvalue weighted by molar-refractivity contribution is 9.09. The molecular weight excluding hydrogens is 361 g/mol. The second-order valence-electron chi connectivity index (χ2n) is 4.30. The Hall–Kier alpha value is -1.18. The number of hydrogen-bond donors (Lipinski definition) is 1. The van der Waals surface area contributed by atoms with Gasteiger partial charge in [0.1, 0.15) is 5.56 Å². The highest BCUT2D eigenvalue weighted by Gasteiger charge is 2.29. The van der Waals surface area contributed by atoms with Gasteiger partial charge in [-0.2, -0.15) is 0 Å². The van der Waals surface area contributed by atoms with Crippen molar-refractivity contribution in [3.05, 3.63) is 34.6 Å². The lowest BCUT2D eigenvalue weighted by molar-refractivity contribution is 0.0941. The van der Waals surface area contributed by atoms with Crippen LogP contribution in [-0.2, 0) is 0 Å². The highest BCUT2D eigenvalue weighted by Crippen LogP contribution is 2.22. The molecule has 0 saturated heterocycles. The maximum absolute atomic E-state index is 13.3. The van der Waals surface area contributed by atoms with Crippen LogP contribution in [0, 0.1) is 29.1 Å². The van der Waals surface area contributed by atoms with Crippen molar-refractivity contribution in [2.45, 2.75) is 25.7 Å². The van der Waals surface area contributed by atoms with Crippen LogP contribution in [-0.4, -0.2) is 17.8 Å². The first kappa shape index (κ1) is 17.9. The molecule has 118 valence electrons. The third-order valence-electron chi connectivity index (χ3n) is 2.78. The summed E-state index contributed by atoms with van der Waals surface area (Å²) in [6, 6.07) is 0. The van der Waals surface area contributed by atoms with Crippen LogP contribution in [0.1, 0.15) is 36.0 Å². The van der Waals surface area contributed by atoms with E-state index in [2.05, 4.69) is 21.2 Å². The monoisotopic (exact) mass is 373 g/mol. The van der Waals surface area contributed by atoms with Crippen LogP contribution in [0.3, 0.4) is 0 Å². The number of amides is 1. The number of halogens is 6. The van der Waals surface area contributed by atoms with Crippen LogP contribution in [0.5, 0.6) is 0 Å². The zero-order valence-corrected chi connectivity index (χ0v) is 12.5. The summed E-state index contributed by atoms with van der Waals surface area (Å²) >= 11 is 3.25. The number of rotatable bonds is 7. The minimum absolute atomic E-state index is 0.0978. The maximum atomic E-state index is 13.3. The number of benzene rings is 1. The van der Waals surface area contributed by atoms with Gasteiger partial charge in [-0.15, -0.1) is 0 Å². The van der Waals surface area contributed by atoms with Crippen LogP contribution < -0.4 is 5.32 Å². The van der Waals surface area contributed by atoms with E-state index in [9.17, 15) is 26.7 Å². The van der Waals surface area contributed by atoms with Gasteiger partial charge in [-0.3, -0.25) is 4.79 Å². The van der Waals surface area contributed by atoms with Gasteiger partial charge in [0, 0.05) is 11.9 Å². The summed E-state index contributed by atoms with van der Waals surface area (Å²) < 4.78 is 65.4. The fraction of sp³-hybridized carbons (Fsp3) is 0.462. The number of carbonyl (C=O) groups is 1. The van der Waals surface area contributed by atoms with Gasteiger partial charge in [0.15, 0.2) is 23.3 Å². The van der Waals surface area contributed by atoms with Crippen LogP contribution >= 0.6 is 15.9 Å². The molecular formula is C13H13BrF5NO. The van der Waals surface area contributed by atoms with E-state index in [-0.39, 0.29) is 6.54 Å². The van der Waals surface area contributed by atoms with E-state index in [4.69, 9.17) is 0 Å². The molecule has 0 spiro atoms. The first-order valence-corrected chi connectivity index (χ1v) is 7.39. The molecule has 0 unspecified atom stereocenters. The first-order valence-electron chi connectivity index (χ1n) is 6.27. The Balaban J connectivity index is 2.71. The van der Waals surface area contributed by atoms with Crippen molar-refractivity contribution in [3.8, 4) is 0 Å². The number of nitrogens with one attached hydrogen (secondary N) is 1. The third-order valence-corrected chi connectivity index (χ3v) is 3.34. The van der Waals surface area contributed by atoms with Gasteiger partial charge >= 0.3 is 0 Å². The van der Waals surface area contributed by atoms with Gasteiger partial charge < -0.3 is 5.32 Å². The Morgan fingerprint density at radius 1 is 0.810 bits per heavy atom. The second-order valence-corrected chi connectivity index (χ2v) is 5.10. The van der Waals surface area contributed by atoms with E-state index < -0.39 is 40.6 Å². The van der Waals surface area contributed by atoms with Gasteiger partial charge in [0.2, 0.25) is 5.82 Å². The predicted molar refractivity (Wildman–Crippen MR) is 70.8 cm³/mol. The summed E-state index contributed by atoms with van der Waals surface area (Å²) in [6.45, 7) is 0.0978. The van der Waals surface area contributed by atoms with E-state index in [1.807, 2.05) is 0 Å². The van der Waals surface area contributed by atoms with Crippen molar-refractivity contribution >= 4 is 21.8 Å². The molecule has 1 N–H and O–H groups in total. The van der Waals surface area contributed by atoms with Crippen LogP contribution in [0.4, 0.5) is 22.0 Å². The molecule has 0 radical (unpaired) electrons. The lowest BCUT2D eigenvalue weighted by Gasteiger charge is -2.09. The van der Waals surface area contributed by atoms with Crippen molar-refractivity contribution in [2.75, 3.05) is 11.9 Å². The molecule has 1 aromatic carbocycles. The summed E-state index contributed by atoms with van der Waals surface area (Å²) in [5.41, 5.74) is -1.45. The maximum Gasteiger partial charge on any atom is 0.257 e. The first-order chi connectivity index (χ1) is 9.91. The molecule has 0 aliphatic rings. The average molecular weight is 374 g/mol. The quantitative estimate of drug-likeness (QED) is 0.252. The summed E-state index contributed by atoms with van der Waals surface area (Å²) in [4.78, 5) is 11.5. The van der Waals surface area contributed by atoms with E-state index >= 15 is 0 Å². The van der Waals surface area contributed by atoms with Crippen LogP contribution in [0.2, 0.25) is 0 Å². The third kappa shape index (κ3) is 4.39. The highest BCUT2D eigenvalue weighted by atomic mass is 79.9. The number of hydrogen-bond acceptors (Lipinski definition) is 1. The number of carbonyl (C=O) groups excluding carboxylic acids is 1. The molecule has 0 atom stereocenters. The average Bonchev–Trinajstić information content (AvgIpc) is 2.47. The van der Waals surface area contributed by atoms with Gasteiger partial charge in [-0.25, -0.2) is 22.0 Å². The zero-order chi connectivity index (χ0) is 16.0. The van der Waals surface area contributed by atoms with Gasteiger partial charge in [0.05, 0.1) is 0 Å². The molecule has 0 aromatic heterocycles. The summed E-state index contributed by atoms with van der Waals surface area (Å²) in [7, 11) is 0. The SMILES string of the molecule is O=C(NCCCCCCBr)c1c(F)c(F)c(F)c(F)c1F. The number of alkyl halides is 1. The van der Waals surface area contributed by atoms with Gasteiger partial charge in [-0.1, -0.05) is 28.8 Å². The van der Waals surface area contributed by atoms with E-state index in [1.165, 1.54) is 0 Å². The molecule has 2 nitrogen and oxygen atoms in total. The molecule has 0 aliphatic carbocycles. The Morgan fingerprint density at radius 3 is 1.81 bits per heavy atom. The standard InChI is InChI=1S/C13H13BrF5NO/c14-5-3-1-2-4-6-20-13(21)7-8(15)10(17)12(19)11(18)9(7)16/h1-6H2,(H,20,21). The Morgan fingerprint density at radius 2 is 1.29 bits per heavy atom. The van der Waals surface area contributed by atoms with E-state index in [0.717, 1.165) is 24.6 Å². The molecule has 0 heterocycles. The molecule has 8 heteroatoms. The minimum atomic E-state index is -2.28. The topological polar surface area (TPSA) is 29.1 Å². The lowest BCUT2D eigenvalue weighted by atomic mass is 10.1. The normalized spacial score (nSPS) is 10.8. The minimum Gasteiger partial charge on any atom is -0.352 e. The van der Waals surface area contributed by atoms with E-state index in [0.29, 0.717) is 6.42 Å². The largest absolute Gasteiger partial charge is 0.352 e. The Kier molecular flexibility index (Phi) is 7.07. The number of unbranched alkanes of at least 4 members (excludes halogenated alkanes) is 3. The summed E-state index contributed by atoms with van der Waals surface area (Å²) in [5, 5.41) is 3.00. The van der Waals surface area contributed by atoms with E-state index in [1.54, 1.807) is 0 Å². The van der Waals surface area contributed by atoms with Crippen molar-refractivity contribution in [1.82, 2.24) is 5.32 Å².